The molecule has 0 aliphatic carbocycles. The van der Waals surface area contributed by atoms with Crippen molar-refractivity contribution in [3.8, 4) is 0 Å². The molecule has 2 aliphatic heterocycles. The van der Waals surface area contributed by atoms with Crippen LogP contribution in [0.3, 0.4) is 0 Å². The van der Waals surface area contributed by atoms with Crippen molar-refractivity contribution in [2.75, 3.05) is 19.7 Å². The third-order valence-corrected chi connectivity index (χ3v) is 6.96. The highest BCUT2D eigenvalue weighted by molar-refractivity contribution is 6.30. The minimum Gasteiger partial charge on any atom is -0.467 e. The fraction of sp³-hybridized carbons (Fsp3) is 0.296. The van der Waals surface area contributed by atoms with E-state index in [0.29, 0.717) is 47.8 Å². The van der Waals surface area contributed by atoms with E-state index < -0.39 is 11.8 Å². The number of carbonyl (C=O) groups is 3. The molecule has 8 nitrogen and oxygen atoms in total. The molecule has 2 saturated heterocycles. The van der Waals surface area contributed by atoms with Gasteiger partial charge in [0.25, 0.3) is 11.8 Å². The molecule has 1 atom stereocenters. The van der Waals surface area contributed by atoms with Crippen LogP contribution in [0.1, 0.15) is 39.3 Å². The molecule has 0 saturated carbocycles. The van der Waals surface area contributed by atoms with Gasteiger partial charge in [-0.2, -0.15) is 0 Å². The average molecular weight is 508 g/mol. The number of carbonyl (C=O) groups excluding carboxylic acids is 3. The van der Waals surface area contributed by atoms with Gasteiger partial charge in [0, 0.05) is 42.1 Å². The summed E-state index contributed by atoms with van der Waals surface area (Å²) in [5.41, 5.74) is 0.00638. The molecule has 0 unspecified atom stereocenters. The van der Waals surface area contributed by atoms with E-state index in [2.05, 4.69) is 5.32 Å². The van der Waals surface area contributed by atoms with Crippen LogP contribution in [0.4, 0.5) is 0 Å². The maximum Gasteiger partial charge on any atom is 0.256 e. The highest BCUT2D eigenvalue weighted by atomic mass is 35.5. The molecule has 5 rings (SSSR count). The van der Waals surface area contributed by atoms with Crippen LogP contribution in [0.2, 0.25) is 5.02 Å². The Balaban J connectivity index is 1.35. The van der Waals surface area contributed by atoms with Gasteiger partial charge in [0.2, 0.25) is 5.91 Å². The summed E-state index contributed by atoms with van der Waals surface area (Å²) in [6.45, 7) is 1.05. The van der Waals surface area contributed by atoms with Gasteiger partial charge in [0.1, 0.15) is 17.5 Å². The second kappa shape index (κ2) is 10.2. The zero-order valence-corrected chi connectivity index (χ0v) is 20.3. The third kappa shape index (κ3) is 4.74. The standard InChI is InChI=1S/C27H26ClN3O5/c28-21-9-4-8-20(16-21)25(33)30-13-11-27(12-14-30)31(26(34)19-6-2-1-3-7-19)23(18-36-27)24(32)29-17-22-10-5-15-35-22/h1-10,15-16,23H,11-14,17-18H2,(H,29,32)/t23-/m0/s1. The lowest BCUT2D eigenvalue weighted by Gasteiger charge is -2.44. The number of benzene rings is 2. The maximum atomic E-state index is 13.7. The Morgan fingerprint density at radius 2 is 1.69 bits per heavy atom. The smallest absolute Gasteiger partial charge is 0.256 e. The van der Waals surface area contributed by atoms with Crippen LogP contribution in [0.25, 0.3) is 0 Å². The van der Waals surface area contributed by atoms with Gasteiger partial charge in [0.15, 0.2) is 0 Å². The van der Waals surface area contributed by atoms with Crippen LogP contribution in [0.15, 0.2) is 77.4 Å². The van der Waals surface area contributed by atoms with E-state index in [-0.39, 0.29) is 30.9 Å². The Bertz CT molecular complexity index is 1240. The summed E-state index contributed by atoms with van der Waals surface area (Å²) >= 11 is 6.06. The first-order valence-corrected chi connectivity index (χ1v) is 12.2. The zero-order valence-electron chi connectivity index (χ0n) is 19.6. The molecule has 2 aliphatic rings. The number of hydrogen-bond acceptors (Lipinski definition) is 5. The second-order valence-electron chi connectivity index (χ2n) is 8.91. The van der Waals surface area contributed by atoms with Gasteiger partial charge in [-0.25, -0.2) is 0 Å². The van der Waals surface area contributed by atoms with Crippen molar-refractivity contribution < 1.29 is 23.5 Å². The van der Waals surface area contributed by atoms with Crippen molar-refractivity contribution in [2.24, 2.45) is 0 Å². The van der Waals surface area contributed by atoms with Gasteiger partial charge in [-0.15, -0.1) is 0 Å². The SMILES string of the molecule is O=C(NCc1ccco1)[C@@H]1COC2(CCN(C(=O)c3cccc(Cl)c3)CC2)N1C(=O)c1ccccc1. The molecule has 0 bridgehead atoms. The topological polar surface area (TPSA) is 92.1 Å². The summed E-state index contributed by atoms with van der Waals surface area (Å²) in [6.07, 6.45) is 2.32. The molecule has 0 radical (unpaired) electrons. The lowest BCUT2D eigenvalue weighted by atomic mass is 9.96. The highest BCUT2D eigenvalue weighted by Crippen LogP contribution is 2.39. The van der Waals surface area contributed by atoms with Crippen LogP contribution in [-0.4, -0.2) is 59.0 Å². The number of furan rings is 1. The number of piperidine rings is 1. The van der Waals surface area contributed by atoms with Gasteiger partial charge in [-0.3, -0.25) is 19.3 Å². The predicted molar refractivity (Wildman–Crippen MR) is 132 cm³/mol. The van der Waals surface area contributed by atoms with Crippen LogP contribution in [-0.2, 0) is 16.1 Å². The fourth-order valence-electron chi connectivity index (χ4n) is 4.86. The first-order chi connectivity index (χ1) is 17.5. The van der Waals surface area contributed by atoms with E-state index in [1.807, 2.05) is 6.07 Å². The van der Waals surface area contributed by atoms with Gasteiger partial charge < -0.3 is 19.4 Å². The van der Waals surface area contributed by atoms with Gasteiger partial charge >= 0.3 is 0 Å². The van der Waals surface area contributed by atoms with Crippen molar-refractivity contribution in [1.82, 2.24) is 15.1 Å². The summed E-state index contributed by atoms with van der Waals surface area (Å²) in [5.74, 6) is -0.101. The van der Waals surface area contributed by atoms with E-state index in [0.717, 1.165) is 0 Å². The molecule has 9 heteroatoms. The summed E-state index contributed by atoms with van der Waals surface area (Å²) in [5, 5.41) is 3.35. The minimum absolute atomic E-state index is 0.0742. The van der Waals surface area contributed by atoms with Gasteiger partial charge in [0.05, 0.1) is 19.4 Å². The molecule has 36 heavy (non-hydrogen) atoms. The van der Waals surface area contributed by atoms with Crippen molar-refractivity contribution in [3.63, 3.8) is 0 Å². The van der Waals surface area contributed by atoms with E-state index in [1.165, 1.54) is 0 Å². The fourth-order valence-corrected chi connectivity index (χ4v) is 5.05. The third-order valence-electron chi connectivity index (χ3n) is 6.72. The summed E-state index contributed by atoms with van der Waals surface area (Å²) in [4.78, 5) is 43.2. The van der Waals surface area contributed by atoms with Crippen molar-refractivity contribution in [1.29, 1.82) is 0 Å². The monoisotopic (exact) mass is 507 g/mol. The molecule has 1 N–H and O–H groups in total. The Labute approximate surface area is 213 Å². The Morgan fingerprint density at radius 3 is 2.39 bits per heavy atom. The lowest BCUT2D eigenvalue weighted by molar-refractivity contribution is -0.128. The number of amides is 3. The molecule has 3 amide bonds. The first-order valence-electron chi connectivity index (χ1n) is 11.8. The quantitative estimate of drug-likeness (QED) is 0.568. The molecule has 2 fully saturated rings. The highest BCUT2D eigenvalue weighted by Gasteiger charge is 2.54. The number of rotatable bonds is 5. The van der Waals surface area contributed by atoms with Crippen molar-refractivity contribution in [3.05, 3.63) is 94.9 Å². The van der Waals surface area contributed by atoms with Crippen LogP contribution < -0.4 is 5.32 Å². The Hall–Kier alpha value is -3.62. The number of nitrogens with one attached hydrogen (secondary N) is 1. The van der Waals surface area contributed by atoms with Gasteiger partial charge in [-0.05, 0) is 42.5 Å². The van der Waals surface area contributed by atoms with E-state index in [1.54, 1.807) is 76.7 Å². The van der Waals surface area contributed by atoms with Gasteiger partial charge in [-0.1, -0.05) is 35.9 Å². The predicted octanol–water partition coefficient (Wildman–Crippen LogP) is 3.72. The van der Waals surface area contributed by atoms with Crippen molar-refractivity contribution >= 4 is 29.3 Å². The molecule has 186 valence electrons. The Morgan fingerprint density at radius 1 is 0.944 bits per heavy atom. The Kier molecular flexibility index (Phi) is 6.80. The molecule has 1 aromatic heterocycles. The maximum absolute atomic E-state index is 13.7. The number of hydrogen-bond donors (Lipinski definition) is 1. The largest absolute Gasteiger partial charge is 0.467 e. The molecule has 1 spiro atoms. The summed E-state index contributed by atoms with van der Waals surface area (Å²) < 4.78 is 11.5. The molecule has 3 heterocycles. The van der Waals surface area contributed by atoms with Crippen LogP contribution in [0.5, 0.6) is 0 Å². The van der Waals surface area contributed by atoms with E-state index in [9.17, 15) is 14.4 Å². The second-order valence-corrected chi connectivity index (χ2v) is 9.35. The molecular formula is C27H26ClN3O5. The number of likely N-dealkylation sites (tertiary alicyclic amines) is 1. The normalized spacial score (nSPS) is 18.9. The van der Waals surface area contributed by atoms with Crippen molar-refractivity contribution in [2.45, 2.75) is 31.2 Å². The van der Waals surface area contributed by atoms with Crippen LogP contribution >= 0.6 is 11.6 Å². The zero-order chi connectivity index (χ0) is 25.1. The summed E-state index contributed by atoms with van der Waals surface area (Å²) in [6, 6.07) is 18.4. The number of ether oxygens (including phenoxy) is 1. The minimum atomic E-state index is -0.981. The van der Waals surface area contributed by atoms with E-state index in [4.69, 9.17) is 20.8 Å². The van der Waals surface area contributed by atoms with Crippen LogP contribution in [0, 0.1) is 0 Å². The lowest BCUT2D eigenvalue weighted by Crippen LogP contribution is -2.59. The first kappa shape index (κ1) is 24.1. The molecule has 3 aromatic rings. The number of halogens is 1. The molecular weight excluding hydrogens is 482 g/mol. The van der Waals surface area contributed by atoms with E-state index >= 15 is 0 Å². The summed E-state index contributed by atoms with van der Waals surface area (Å²) in [7, 11) is 0. The number of nitrogens with zero attached hydrogens (tertiary/aromatic N) is 2. The average Bonchev–Trinajstić information content (AvgIpc) is 3.56. The molecule has 2 aromatic carbocycles.